The minimum Gasteiger partial charge on any atom is -0.303 e. The Labute approximate surface area is 114 Å². The Balaban J connectivity index is 1.82. The van der Waals surface area contributed by atoms with Crippen LogP contribution in [-0.2, 0) is 6.42 Å². The molecule has 1 saturated carbocycles. The van der Waals surface area contributed by atoms with Crippen LogP contribution < -0.4 is 0 Å². The molecule has 0 amide bonds. The van der Waals surface area contributed by atoms with Crippen LogP contribution in [0.3, 0.4) is 0 Å². The van der Waals surface area contributed by atoms with E-state index in [0.717, 1.165) is 19.0 Å². The highest BCUT2D eigenvalue weighted by Gasteiger charge is 2.17. The van der Waals surface area contributed by atoms with Gasteiger partial charge in [-0.05, 0) is 31.9 Å². The molecular formula is C15H22N2O2. The highest BCUT2D eigenvalue weighted by atomic mass is 16.6. The van der Waals surface area contributed by atoms with Crippen molar-refractivity contribution >= 4 is 5.69 Å². The van der Waals surface area contributed by atoms with Gasteiger partial charge in [-0.25, -0.2) is 0 Å². The molecule has 0 radical (unpaired) electrons. The number of likely N-dealkylation sites (N-methyl/N-ethyl adjacent to an activating group) is 1. The summed E-state index contributed by atoms with van der Waals surface area (Å²) in [7, 11) is 2.20. The summed E-state index contributed by atoms with van der Waals surface area (Å²) in [6.07, 6.45) is 7.68. The van der Waals surface area contributed by atoms with Crippen molar-refractivity contribution in [3.8, 4) is 0 Å². The largest absolute Gasteiger partial charge is 0.303 e. The predicted molar refractivity (Wildman–Crippen MR) is 76.3 cm³/mol. The smallest absolute Gasteiger partial charge is 0.269 e. The van der Waals surface area contributed by atoms with Crippen LogP contribution in [0.15, 0.2) is 24.3 Å². The third-order valence-corrected chi connectivity index (χ3v) is 4.10. The number of rotatable bonds is 5. The summed E-state index contributed by atoms with van der Waals surface area (Å²) in [4.78, 5) is 12.7. The lowest BCUT2D eigenvalue weighted by Gasteiger charge is -2.31. The summed E-state index contributed by atoms with van der Waals surface area (Å²) in [6.45, 7) is 1.03. The van der Waals surface area contributed by atoms with Crippen molar-refractivity contribution in [1.29, 1.82) is 0 Å². The van der Waals surface area contributed by atoms with Gasteiger partial charge in [-0.15, -0.1) is 0 Å². The Morgan fingerprint density at radius 1 is 1.21 bits per heavy atom. The molecule has 1 aliphatic rings. The summed E-state index contributed by atoms with van der Waals surface area (Å²) < 4.78 is 0. The first-order chi connectivity index (χ1) is 9.16. The molecule has 0 spiro atoms. The van der Waals surface area contributed by atoms with Gasteiger partial charge in [0.05, 0.1) is 4.92 Å². The molecule has 0 saturated heterocycles. The SMILES string of the molecule is CN(CCc1ccc([N+](=O)[O-])cc1)C1CCCCC1. The molecule has 0 aliphatic heterocycles. The van der Waals surface area contributed by atoms with Gasteiger partial charge < -0.3 is 4.90 Å². The highest BCUT2D eigenvalue weighted by Crippen LogP contribution is 2.22. The van der Waals surface area contributed by atoms with E-state index in [4.69, 9.17) is 0 Å². The monoisotopic (exact) mass is 262 g/mol. The Hall–Kier alpha value is -1.42. The fourth-order valence-corrected chi connectivity index (χ4v) is 2.79. The second-order valence-electron chi connectivity index (χ2n) is 5.45. The molecule has 0 aromatic heterocycles. The van der Waals surface area contributed by atoms with Gasteiger partial charge >= 0.3 is 0 Å². The third kappa shape index (κ3) is 4.03. The first-order valence-electron chi connectivity index (χ1n) is 7.10. The van der Waals surface area contributed by atoms with Gasteiger partial charge in [-0.2, -0.15) is 0 Å². The van der Waals surface area contributed by atoms with Crippen LogP contribution in [0, 0.1) is 10.1 Å². The minimum absolute atomic E-state index is 0.171. The fourth-order valence-electron chi connectivity index (χ4n) is 2.79. The quantitative estimate of drug-likeness (QED) is 0.603. The number of non-ortho nitro benzene ring substituents is 1. The van der Waals surface area contributed by atoms with Gasteiger partial charge in [0.25, 0.3) is 5.69 Å². The van der Waals surface area contributed by atoms with Gasteiger partial charge in [-0.1, -0.05) is 31.4 Å². The van der Waals surface area contributed by atoms with Crippen LogP contribution in [0.25, 0.3) is 0 Å². The Bertz CT molecular complexity index is 411. The maximum Gasteiger partial charge on any atom is 0.269 e. The van der Waals surface area contributed by atoms with E-state index in [9.17, 15) is 10.1 Å². The van der Waals surface area contributed by atoms with Gasteiger partial charge in [-0.3, -0.25) is 10.1 Å². The molecule has 4 heteroatoms. The van der Waals surface area contributed by atoms with Crippen molar-refractivity contribution in [2.24, 2.45) is 0 Å². The Morgan fingerprint density at radius 3 is 2.42 bits per heavy atom. The molecule has 0 N–H and O–H groups in total. The van der Waals surface area contributed by atoms with E-state index in [-0.39, 0.29) is 10.6 Å². The first-order valence-corrected chi connectivity index (χ1v) is 7.10. The van der Waals surface area contributed by atoms with Crippen molar-refractivity contribution in [3.05, 3.63) is 39.9 Å². The fraction of sp³-hybridized carbons (Fsp3) is 0.600. The summed E-state index contributed by atoms with van der Waals surface area (Å²) in [5, 5.41) is 10.6. The van der Waals surface area contributed by atoms with E-state index in [1.165, 1.54) is 37.7 Å². The van der Waals surface area contributed by atoms with Crippen LogP contribution >= 0.6 is 0 Å². The van der Waals surface area contributed by atoms with E-state index < -0.39 is 0 Å². The average Bonchev–Trinajstić information content (AvgIpc) is 2.46. The lowest BCUT2D eigenvalue weighted by molar-refractivity contribution is -0.384. The zero-order valence-electron chi connectivity index (χ0n) is 11.5. The molecule has 2 rings (SSSR count). The number of hydrogen-bond donors (Lipinski definition) is 0. The first kappa shape index (κ1) is 14.0. The van der Waals surface area contributed by atoms with E-state index in [0.29, 0.717) is 0 Å². The number of benzene rings is 1. The standard InChI is InChI=1S/C15H22N2O2/c1-16(14-5-3-2-4-6-14)12-11-13-7-9-15(10-8-13)17(18)19/h7-10,14H,2-6,11-12H2,1H3. The number of nitro benzene ring substituents is 1. The van der Waals surface area contributed by atoms with Crippen molar-refractivity contribution in [2.75, 3.05) is 13.6 Å². The molecule has 1 aromatic carbocycles. The van der Waals surface area contributed by atoms with Crippen molar-refractivity contribution in [2.45, 2.75) is 44.6 Å². The maximum atomic E-state index is 10.6. The predicted octanol–water partition coefficient (Wildman–Crippen LogP) is 3.40. The van der Waals surface area contributed by atoms with Crippen LogP contribution in [0.2, 0.25) is 0 Å². The Morgan fingerprint density at radius 2 is 1.84 bits per heavy atom. The molecule has 0 unspecified atom stereocenters. The highest BCUT2D eigenvalue weighted by molar-refractivity contribution is 5.32. The van der Waals surface area contributed by atoms with Gasteiger partial charge in [0.1, 0.15) is 0 Å². The molecule has 4 nitrogen and oxygen atoms in total. The normalized spacial score (nSPS) is 16.7. The van der Waals surface area contributed by atoms with Crippen LogP contribution in [0.4, 0.5) is 5.69 Å². The topological polar surface area (TPSA) is 46.4 Å². The van der Waals surface area contributed by atoms with Crippen molar-refractivity contribution in [3.63, 3.8) is 0 Å². The van der Waals surface area contributed by atoms with Crippen LogP contribution in [0.1, 0.15) is 37.7 Å². The zero-order chi connectivity index (χ0) is 13.7. The summed E-state index contributed by atoms with van der Waals surface area (Å²) >= 11 is 0. The molecule has 0 heterocycles. The Kier molecular flexibility index (Phi) is 4.91. The van der Waals surface area contributed by atoms with Gasteiger partial charge in [0.2, 0.25) is 0 Å². The summed E-state index contributed by atoms with van der Waals surface area (Å²) in [6, 6.07) is 7.65. The van der Waals surface area contributed by atoms with Crippen molar-refractivity contribution in [1.82, 2.24) is 4.90 Å². The molecule has 1 fully saturated rings. The molecule has 1 aliphatic carbocycles. The van der Waals surface area contributed by atoms with E-state index in [1.807, 2.05) is 12.1 Å². The van der Waals surface area contributed by atoms with E-state index in [2.05, 4.69) is 11.9 Å². The van der Waals surface area contributed by atoms with Gasteiger partial charge in [0.15, 0.2) is 0 Å². The molecule has 0 bridgehead atoms. The molecule has 104 valence electrons. The van der Waals surface area contributed by atoms with Crippen molar-refractivity contribution < 1.29 is 4.92 Å². The van der Waals surface area contributed by atoms with E-state index in [1.54, 1.807) is 12.1 Å². The van der Waals surface area contributed by atoms with Crippen LogP contribution in [0.5, 0.6) is 0 Å². The maximum absolute atomic E-state index is 10.6. The van der Waals surface area contributed by atoms with E-state index >= 15 is 0 Å². The summed E-state index contributed by atoms with van der Waals surface area (Å²) in [5.74, 6) is 0. The second kappa shape index (κ2) is 6.66. The molecular weight excluding hydrogens is 240 g/mol. The molecule has 0 atom stereocenters. The lowest BCUT2D eigenvalue weighted by Crippen LogP contribution is -2.34. The number of nitro groups is 1. The zero-order valence-corrected chi connectivity index (χ0v) is 11.5. The lowest BCUT2D eigenvalue weighted by atomic mass is 9.94. The van der Waals surface area contributed by atoms with Crippen LogP contribution in [-0.4, -0.2) is 29.5 Å². The third-order valence-electron chi connectivity index (χ3n) is 4.10. The molecule has 19 heavy (non-hydrogen) atoms. The second-order valence-corrected chi connectivity index (χ2v) is 5.45. The number of nitrogens with zero attached hydrogens (tertiary/aromatic N) is 2. The average molecular weight is 262 g/mol. The van der Waals surface area contributed by atoms with Gasteiger partial charge in [0, 0.05) is 24.7 Å². The molecule has 1 aromatic rings. The summed E-state index contributed by atoms with van der Waals surface area (Å²) in [5.41, 5.74) is 1.35. The number of hydrogen-bond acceptors (Lipinski definition) is 3. The minimum atomic E-state index is -0.349.